The minimum atomic E-state index is -0.418. The van der Waals surface area contributed by atoms with Crippen LogP contribution in [0.15, 0.2) is 36.1 Å². The van der Waals surface area contributed by atoms with Gasteiger partial charge in [0.05, 0.1) is 0 Å². The van der Waals surface area contributed by atoms with Crippen molar-refractivity contribution in [2.24, 2.45) is 11.8 Å². The van der Waals surface area contributed by atoms with Crippen LogP contribution in [0.1, 0.15) is 76.3 Å². The zero-order valence-electron chi connectivity index (χ0n) is 16.7. The Morgan fingerprint density at radius 2 is 1.69 bits per heavy atom. The molecule has 0 aromatic heterocycles. The average molecular weight is 360 g/mol. The lowest BCUT2D eigenvalue weighted by atomic mass is 9.65. The Balaban J connectivity index is 0.000000615. The molecule has 0 saturated heterocycles. The molecule has 2 fully saturated rings. The third-order valence-corrected chi connectivity index (χ3v) is 5.44. The standard InChI is InChI=1S/C19H21F2.C3H6.C2H6/c1-3-13-4-5-15-9-16(7-6-14(15)8-13)17-10-18(20)12(2)19(21)11-17;1-3-2;1-2/h1,10-11,14-16H,4-9H2,2H3;3H,1H2,2H3;1-2H3. The molecule has 0 amide bonds. The monoisotopic (exact) mass is 359 g/mol. The van der Waals surface area contributed by atoms with E-state index in [0.717, 1.165) is 44.1 Å². The number of allylic oxidation sites excluding steroid dienone is 2. The van der Waals surface area contributed by atoms with Crippen molar-refractivity contribution in [3.8, 4) is 0 Å². The molecular formula is C24H33F2. The van der Waals surface area contributed by atoms with E-state index in [1.54, 1.807) is 6.08 Å². The normalized spacial score (nSPS) is 24.1. The van der Waals surface area contributed by atoms with Crippen LogP contribution in [0.5, 0.6) is 0 Å². The lowest BCUT2D eigenvalue weighted by Gasteiger charge is -2.40. The smallest absolute Gasteiger partial charge is 0.129 e. The van der Waals surface area contributed by atoms with Crippen molar-refractivity contribution in [1.82, 2.24) is 0 Å². The molecule has 143 valence electrons. The molecule has 2 aliphatic rings. The van der Waals surface area contributed by atoms with Gasteiger partial charge in [0, 0.05) is 5.56 Å². The molecule has 3 unspecified atom stereocenters. The van der Waals surface area contributed by atoms with Crippen molar-refractivity contribution >= 4 is 0 Å². The van der Waals surface area contributed by atoms with Crippen LogP contribution in [-0.2, 0) is 0 Å². The minimum Gasteiger partial charge on any atom is -0.207 e. The van der Waals surface area contributed by atoms with Crippen molar-refractivity contribution in [3.05, 3.63) is 65.4 Å². The van der Waals surface area contributed by atoms with Crippen molar-refractivity contribution in [2.75, 3.05) is 0 Å². The van der Waals surface area contributed by atoms with E-state index in [9.17, 15) is 8.78 Å². The molecule has 2 saturated carbocycles. The topological polar surface area (TPSA) is 0 Å². The summed E-state index contributed by atoms with van der Waals surface area (Å²) in [5, 5.41) is 0. The molecule has 1 radical (unpaired) electrons. The van der Waals surface area contributed by atoms with Gasteiger partial charge in [-0.25, -0.2) is 8.78 Å². The van der Waals surface area contributed by atoms with Gasteiger partial charge >= 0.3 is 0 Å². The van der Waals surface area contributed by atoms with Crippen LogP contribution in [0.25, 0.3) is 0 Å². The summed E-state index contributed by atoms with van der Waals surface area (Å²) in [6, 6.07) is 3.07. The van der Waals surface area contributed by atoms with E-state index < -0.39 is 11.6 Å². The van der Waals surface area contributed by atoms with Crippen molar-refractivity contribution in [1.29, 1.82) is 0 Å². The molecular weight excluding hydrogens is 326 g/mol. The highest BCUT2D eigenvalue weighted by Crippen LogP contribution is 2.47. The first-order chi connectivity index (χ1) is 12.5. The van der Waals surface area contributed by atoms with E-state index in [4.69, 9.17) is 6.58 Å². The number of fused-ring (bicyclic) bond motifs is 1. The van der Waals surface area contributed by atoms with Crippen LogP contribution in [0, 0.1) is 37.0 Å². The van der Waals surface area contributed by atoms with Crippen LogP contribution in [0.3, 0.4) is 0 Å². The Morgan fingerprint density at radius 3 is 2.23 bits per heavy atom. The van der Waals surface area contributed by atoms with E-state index in [1.807, 2.05) is 20.8 Å². The first-order valence-electron chi connectivity index (χ1n) is 9.84. The summed E-state index contributed by atoms with van der Waals surface area (Å²) in [6.07, 6.45) is 8.16. The van der Waals surface area contributed by atoms with Crippen LogP contribution < -0.4 is 0 Å². The van der Waals surface area contributed by atoms with Crippen LogP contribution in [-0.4, -0.2) is 0 Å². The molecule has 1 aromatic rings. The second kappa shape index (κ2) is 11.1. The van der Waals surface area contributed by atoms with Crippen molar-refractivity contribution in [3.63, 3.8) is 0 Å². The minimum absolute atomic E-state index is 0.123. The molecule has 0 spiro atoms. The Hall–Kier alpha value is -1.66. The fraction of sp³-hybridized carbons (Fsp3) is 0.542. The molecule has 1 aromatic carbocycles. The zero-order valence-corrected chi connectivity index (χ0v) is 16.7. The lowest BCUT2D eigenvalue weighted by molar-refractivity contribution is 0.180. The van der Waals surface area contributed by atoms with Gasteiger partial charge in [0.15, 0.2) is 0 Å². The van der Waals surface area contributed by atoms with Gasteiger partial charge in [0.1, 0.15) is 11.6 Å². The summed E-state index contributed by atoms with van der Waals surface area (Å²) in [5.41, 5.74) is 5.03. The first kappa shape index (κ1) is 22.4. The first-order valence-corrected chi connectivity index (χ1v) is 9.84. The van der Waals surface area contributed by atoms with Crippen LogP contribution in [0.2, 0.25) is 0 Å². The molecule has 3 atom stereocenters. The molecule has 26 heavy (non-hydrogen) atoms. The third kappa shape index (κ3) is 5.68. The van der Waals surface area contributed by atoms with E-state index >= 15 is 0 Å². The lowest BCUT2D eigenvalue weighted by Crippen LogP contribution is -2.27. The molecule has 2 aliphatic carbocycles. The predicted octanol–water partition coefficient (Wildman–Crippen LogP) is 7.69. The summed E-state index contributed by atoms with van der Waals surface area (Å²) >= 11 is 0. The van der Waals surface area contributed by atoms with E-state index in [0.29, 0.717) is 17.8 Å². The van der Waals surface area contributed by atoms with Gasteiger partial charge < -0.3 is 0 Å². The van der Waals surface area contributed by atoms with Crippen molar-refractivity contribution in [2.45, 2.75) is 72.1 Å². The van der Waals surface area contributed by atoms with Gasteiger partial charge in [0.25, 0.3) is 0 Å². The Bertz CT molecular complexity index is 615. The quantitative estimate of drug-likeness (QED) is 0.356. The highest BCUT2D eigenvalue weighted by Gasteiger charge is 2.34. The number of halogens is 2. The number of benzene rings is 1. The maximum atomic E-state index is 13.8. The number of hydrogen-bond acceptors (Lipinski definition) is 0. The molecule has 0 nitrogen and oxygen atoms in total. The fourth-order valence-electron chi connectivity index (χ4n) is 4.06. The van der Waals surface area contributed by atoms with Gasteiger partial charge in [-0.3, -0.25) is 0 Å². The Kier molecular flexibility index (Phi) is 9.59. The number of rotatable bonds is 1. The summed E-state index contributed by atoms with van der Waals surface area (Å²) in [6.45, 7) is 16.3. The third-order valence-electron chi connectivity index (χ3n) is 5.44. The number of hydrogen-bond donors (Lipinski definition) is 0. The van der Waals surface area contributed by atoms with Crippen LogP contribution >= 0.6 is 0 Å². The highest BCUT2D eigenvalue weighted by molar-refractivity contribution is 5.28. The SMILES string of the molecule is C=CC.CC.[CH]=C=C1CCC2CC(c3cc(F)c(C)c(F)c3)CCC2C1. The van der Waals surface area contributed by atoms with E-state index in [2.05, 4.69) is 12.3 Å². The summed E-state index contributed by atoms with van der Waals surface area (Å²) in [4.78, 5) is 0. The summed E-state index contributed by atoms with van der Waals surface area (Å²) < 4.78 is 27.5. The molecule has 0 bridgehead atoms. The average Bonchev–Trinajstić information content (AvgIpc) is 2.67. The second-order valence-electron chi connectivity index (χ2n) is 7.04. The zero-order chi connectivity index (χ0) is 19.7. The maximum Gasteiger partial charge on any atom is 0.129 e. The second-order valence-corrected chi connectivity index (χ2v) is 7.04. The Morgan fingerprint density at radius 1 is 1.12 bits per heavy atom. The fourth-order valence-corrected chi connectivity index (χ4v) is 4.06. The molecule has 0 N–H and O–H groups in total. The highest BCUT2D eigenvalue weighted by atomic mass is 19.1. The van der Waals surface area contributed by atoms with Gasteiger partial charge in [0.2, 0.25) is 0 Å². The molecule has 3 rings (SSSR count). The molecule has 2 heteroatoms. The van der Waals surface area contributed by atoms with Crippen molar-refractivity contribution < 1.29 is 8.78 Å². The van der Waals surface area contributed by atoms with Gasteiger partial charge in [-0.15, -0.1) is 12.3 Å². The molecule has 0 aliphatic heterocycles. The molecule has 0 heterocycles. The Labute approximate surface area is 158 Å². The van der Waals surface area contributed by atoms with Gasteiger partial charge in [-0.1, -0.05) is 19.9 Å². The summed E-state index contributed by atoms with van der Waals surface area (Å²) in [7, 11) is 0. The summed E-state index contributed by atoms with van der Waals surface area (Å²) in [5.74, 6) is 0.801. The van der Waals surface area contributed by atoms with Gasteiger partial charge in [-0.2, -0.15) is 0 Å². The van der Waals surface area contributed by atoms with Gasteiger partial charge in [-0.05, 0) is 100.0 Å². The van der Waals surface area contributed by atoms with E-state index in [1.165, 1.54) is 24.6 Å². The maximum absolute atomic E-state index is 13.8. The van der Waals surface area contributed by atoms with Crippen LogP contribution in [0.4, 0.5) is 8.78 Å². The predicted molar refractivity (Wildman–Crippen MR) is 107 cm³/mol. The largest absolute Gasteiger partial charge is 0.207 e. The van der Waals surface area contributed by atoms with E-state index in [-0.39, 0.29) is 5.56 Å².